The summed E-state index contributed by atoms with van der Waals surface area (Å²) in [5.41, 5.74) is 0.910. The molecule has 138 valence electrons. The van der Waals surface area contributed by atoms with Gasteiger partial charge in [0.25, 0.3) is 5.91 Å². The molecule has 3 heterocycles. The summed E-state index contributed by atoms with van der Waals surface area (Å²) in [5, 5.41) is 6.03. The lowest BCUT2D eigenvalue weighted by Crippen LogP contribution is -2.38. The molecule has 0 unspecified atom stereocenters. The zero-order valence-electron chi connectivity index (χ0n) is 14.2. The first-order chi connectivity index (χ1) is 12.6. The predicted molar refractivity (Wildman–Crippen MR) is 104 cm³/mol. The van der Waals surface area contributed by atoms with Gasteiger partial charge in [0, 0.05) is 30.3 Å². The van der Waals surface area contributed by atoms with Crippen molar-refractivity contribution in [1.29, 1.82) is 0 Å². The standard InChI is InChI=1S/C18H20ClN3O2S2/c19-15-6-5-14(26-15)18(24)22-7-1-2-12(9-22)17-21-13(10-25-17)8-20-16(23)11-3-4-11/h5-6,10-12H,1-4,7-9H2,(H,20,23)/t12-/m0/s1. The Labute approximate surface area is 165 Å². The largest absolute Gasteiger partial charge is 0.350 e. The van der Waals surface area contributed by atoms with Crippen molar-refractivity contribution in [3.05, 3.63) is 37.4 Å². The third kappa shape index (κ3) is 4.10. The number of nitrogens with one attached hydrogen (secondary N) is 1. The van der Waals surface area contributed by atoms with Gasteiger partial charge >= 0.3 is 0 Å². The lowest BCUT2D eigenvalue weighted by molar-refractivity contribution is -0.122. The van der Waals surface area contributed by atoms with Crippen LogP contribution in [0.15, 0.2) is 17.5 Å². The van der Waals surface area contributed by atoms with Crippen molar-refractivity contribution in [2.75, 3.05) is 13.1 Å². The molecule has 2 fully saturated rings. The van der Waals surface area contributed by atoms with Crippen LogP contribution in [-0.4, -0.2) is 34.8 Å². The van der Waals surface area contributed by atoms with Gasteiger partial charge in [-0.25, -0.2) is 4.98 Å². The second-order valence-corrected chi connectivity index (χ2v) is 9.47. The van der Waals surface area contributed by atoms with Crippen LogP contribution < -0.4 is 5.32 Å². The van der Waals surface area contributed by atoms with Gasteiger partial charge in [-0.15, -0.1) is 22.7 Å². The number of nitrogens with zero attached hydrogens (tertiary/aromatic N) is 2. The number of hydrogen-bond donors (Lipinski definition) is 1. The lowest BCUT2D eigenvalue weighted by atomic mass is 9.98. The van der Waals surface area contributed by atoms with E-state index in [9.17, 15) is 9.59 Å². The summed E-state index contributed by atoms with van der Waals surface area (Å²) in [5.74, 6) is 0.682. The highest BCUT2D eigenvalue weighted by atomic mass is 35.5. The Morgan fingerprint density at radius 2 is 2.15 bits per heavy atom. The van der Waals surface area contributed by atoms with E-state index in [1.165, 1.54) is 11.3 Å². The number of halogens is 1. The van der Waals surface area contributed by atoms with E-state index < -0.39 is 0 Å². The van der Waals surface area contributed by atoms with Crippen LogP contribution in [-0.2, 0) is 11.3 Å². The Bertz CT molecular complexity index is 815. The number of rotatable bonds is 5. The van der Waals surface area contributed by atoms with Gasteiger partial charge in [-0.1, -0.05) is 11.6 Å². The Hall–Kier alpha value is -1.44. The van der Waals surface area contributed by atoms with Crippen LogP contribution >= 0.6 is 34.3 Å². The summed E-state index contributed by atoms with van der Waals surface area (Å²) in [6.07, 6.45) is 4.03. The molecule has 8 heteroatoms. The molecule has 1 saturated carbocycles. The van der Waals surface area contributed by atoms with Crippen molar-refractivity contribution in [2.45, 2.75) is 38.1 Å². The SMILES string of the molecule is O=C(NCc1csc([C@H]2CCCN(C(=O)c3ccc(Cl)s3)C2)n1)C1CC1. The molecule has 2 aromatic heterocycles. The lowest BCUT2D eigenvalue weighted by Gasteiger charge is -2.31. The van der Waals surface area contributed by atoms with Gasteiger partial charge in [0.05, 0.1) is 26.5 Å². The van der Waals surface area contributed by atoms with Gasteiger partial charge in [-0.3, -0.25) is 9.59 Å². The Morgan fingerprint density at radius 3 is 2.88 bits per heavy atom. The zero-order valence-corrected chi connectivity index (χ0v) is 16.6. The molecule has 1 aliphatic carbocycles. The van der Waals surface area contributed by atoms with Crippen molar-refractivity contribution in [3.8, 4) is 0 Å². The first kappa shape index (κ1) is 17.9. The summed E-state index contributed by atoms with van der Waals surface area (Å²) in [6, 6.07) is 3.56. The molecular weight excluding hydrogens is 390 g/mol. The maximum Gasteiger partial charge on any atom is 0.263 e. The van der Waals surface area contributed by atoms with Crippen LogP contribution in [0.1, 0.15) is 52.0 Å². The van der Waals surface area contributed by atoms with Crippen molar-refractivity contribution in [3.63, 3.8) is 0 Å². The molecule has 0 radical (unpaired) electrons. The minimum atomic E-state index is 0.0556. The molecule has 0 aromatic carbocycles. The third-order valence-corrected chi connectivity index (χ3v) is 7.08. The van der Waals surface area contributed by atoms with Gasteiger partial charge in [0.1, 0.15) is 0 Å². The fraction of sp³-hybridized carbons (Fsp3) is 0.500. The molecule has 1 aliphatic heterocycles. The molecule has 1 saturated heterocycles. The molecule has 4 rings (SSSR count). The highest BCUT2D eigenvalue weighted by Crippen LogP contribution is 2.32. The van der Waals surface area contributed by atoms with Gasteiger partial charge in [-0.2, -0.15) is 0 Å². The Morgan fingerprint density at radius 1 is 1.31 bits per heavy atom. The summed E-state index contributed by atoms with van der Waals surface area (Å²) in [4.78, 5) is 31.7. The normalized spacial score (nSPS) is 20.2. The number of carbonyl (C=O) groups is 2. The van der Waals surface area contributed by atoms with Crippen LogP contribution in [0.5, 0.6) is 0 Å². The first-order valence-corrected chi connectivity index (χ1v) is 10.9. The Balaban J connectivity index is 1.36. The Kier molecular flexibility index (Phi) is 5.29. The summed E-state index contributed by atoms with van der Waals surface area (Å²) in [6.45, 7) is 1.96. The first-order valence-electron chi connectivity index (χ1n) is 8.87. The highest BCUT2D eigenvalue weighted by Gasteiger charge is 2.30. The topological polar surface area (TPSA) is 62.3 Å². The smallest absolute Gasteiger partial charge is 0.263 e. The molecule has 1 atom stereocenters. The van der Waals surface area contributed by atoms with E-state index in [4.69, 9.17) is 16.6 Å². The van der Waals surface area contributed by atoms with Crippen LogP contribution in [0, 0.1) is 5.92 Å². The van der Waals surface area contributed by atoms with E-state index in [-0.39, 0.29) is 23.7 Å². The number of likely N-dealkylation sites (tertiary alicyclic amines) is 1. The van der Waals surface area contributed by atoms with Crippen molar-refractivity contribution in [2.24, 2.45) is 5.92 Å². The molecule has 5 nitrogen and oxygen atoms in total. The molecule has 0 spiro atoms. The van der Waals surface area contributed by atoms with E-state index in [0.717, 1.165) is 42.9 Å². The van der Waals surface area contributed by atoms with Gasteiger partial charge < -0.3 is 10.2 Å². The van der Waals surface area contributed by atoms with Gasteiger partial charge in [-0.05, 0) is 37.8 Å². The summed E-state index contributed by atoms with van der Waals surface area (Å²) in [7, 11) is 0. The summed E-state index contributed by atoms with van der Waals surface area (Å²) >= 11 is 8.91. The molecule has 2 aliphatic rings. The molecule has 2 aromatic rings. The fourth-order valence-electron chi connectivity index (χ4n) is 3.21. The zero-order chi connectivity index (χ0) is 18.1. The molecule has 2 amide bonds. The monoisotopic (exact) mass is 409 g/mol. The van der Waals surface area contributed by atoms with Crippen molar-refractivity contribution < 1.29 is 9.59 Å². The number of amides is 2. The number of thiophene rings is 1. The molecule has 1 N–H and O–H groups in total. The number of hydrogen-bond acceptors (Lipinski definition) is 5. The number of carbonyl (C=O) groups excluding carboxylic acids is 2. The summed E-state index contributed by atoms with van der Waals surface area (Å²) < 4.78 is 0.639. The van der Waals surface area contributed by atoms with E-state index in [0.29, 0.717) is 22.3 Å². The number of piperidine rings is 1. The molecule has 26 heavy (non-hydrogen) atoms. The minimum absolute atomic E-state index is 0.0556. The predicted octanol–water partition coefficient (Wildman–Crippen LogP) is 3.90. The second kappa shape index (κ2) is 7.66. The van der Waals surface area contributed by atoms with Gasteiger partial charge in [0.15, 0.2) is 0 Å². The highest BCUT2D eigenvalue weighted by molar-refractivity contribution is 7.18. The minimum Gasteiger partial charge on any atom is -0.350 e. The second-order valence-electron chi connectivity index (χ2n) is 6.86. The number of thiazole rings is 1. The van der Waals surface area contributed by atoms with Crippen LogP contribution in [0.4, 0.5) is 0 Å². The maximum atomic E-state index is 12.7. The van der Waals surface area contributed by atoms with E-state index in [1.807, 2.05) is 10.3 Å². The van der Waals surface area contributed by atoms with Crippen LogP contribution in [0.25, 0.3) is 0 Å². The van der Waals surface area contributed by atoms with E-state index in [2.05, 4.69) is 5.32 Å². The average Bonchev–Trinajstić information content (AvgIpc) is 3.25. The molecular formula is C18H20ClN3O2S2. The van der Waals surface area contributed by atoms with Crippen LogP contribution in [0.3, 0.4) is 0 Å². The number of aromatic nitrogens is 1. The van der Waals surface area contributed by atoms with Crippen molar-refractivity contribution >= 4 is 46.1 Å². The average molecular weight is 410 g/mol. The van der Waals surface area contributed by atoms with Gasteiger partial charge in [0.2, 0.25) is 5.91 Å². The third-order valence-electron chi connectivity index (χ3n) is 4.80. The maximum absolute atomic E-state index is 12.7. The van der Waals surface area contributed by atoms with E-state index >= 15 is 0 Å². The van der Waals surface area contributed by atoms with Crippen LogP contribution in [0.2, 0.25) is 4.34 Å². The fourth-order valence-corrected chi connectivity index (χ4v) is 5.17. The quantitative estimate of drug-likeness (QED) is 0.814. The van der Waals surface area contributed by atoms with E-state index in [1.54, 1.807) is 23.5 Å². The molecule has 0 bridgehead atoms. The van der Waals surface area contributed by atoms with Crippen molar-refractivity contribution in [1.82, 2.24) is 15.2 Å².